The lowest BCUT2D eigenvalue weighted by Gasteiger charge is -2.37. The Morgan fingerprint density at radius 3 is 2.16 bits per heavy atom. The van der Waals surface area contributed by atoms with E-state index in [2.05, 4.69) is 10.3 Å². The van der Waals surface area contributed by atoms with Crippen LogP contribution in [0.2, 0.25) is 0 Å². The molecule has 3 heterocycles. The van der Waals surface area contributed by atoms with E-state index < -0.39 is 23.8 Å². The lowest BCUT2D eigenvalue weighted by atomic mass is 9.74. The number of amides is 1. The molecule has 5 aromatic rings. The van der Waals surface area contributed by atoms with Crippen LogP contribution in [0.3, 0.4) is 0 Å². The Labute approximate surface area is 212 Å². The number of hydrogen-bond donors (Lipinski definition) is 1. The molecule has 7 heteroatoms. The molecule has 0 saturated heterocycles. The van der Waals surface area contributed by atoms with Gasteiger partial charge in [-0.3, -0.25) is 23.9 Å². The molecular weight excluding hydrogens is 464 g/mol. The second-order valence-electron chi connectivity index (χ2n) is 8.97. The molecule has 0 spiro atoms. The van der Waals surface area contributed by atoms with Crippen LogP contribution in [0, 0.1) is 0 Å². The largest absolute Gasteiger partial charge is 0.340 e. The molecule has 6 rings (SSSR count). The van der Waals surface area contributed by atoms with Gasteiger partial charge in [0.15, 0.2) is 5.78 Å². The van der Waals surface area contributed by atoms with E-state index in [-0.39, 0.29) is 11.7 Å². The van der Waals surface area contributed by atoms with Crippen molar-refractivity contribution in [3.05, 3.63) is 132 Å². The Hall–Kier alpha value is -4.91. The number of rotatable bonds is 5. The van der Waals surface area contributed by atoms with Crippen LogP contribution in [0.4, 0.5) is 0 Å². The second-order valence-corrected chi connectivity index (χ2v) is 8.97. The number of imidazole rings is 1. The number of para-hydroxylation sites is 2. The lowest BCUT2D eigenvalue weighted by Crippen LogP contribution is -2.53. The van der Waals surface area contributed by atoms with Crippen LogP contribution in [0.5, 0.6) is 0 Å². The number of nitrogens with zero attached hydrogens (tertiary/aromatic N) is 3. The monoisotopic (exact) mass is 486 g/mol. The number of aromatic nitrogens is 3. The van der Waals surface area contributed by atoms with Crippen molar-refractivity contribution in [2.75, 3.05) is 0 Å². The van der Waals surface area contributed by atoms with Gasteiger partial charge in [0.2, 0.25) is 0 Å². The van der Waals surface area contributed by atoms with Crippen molar-refractivity contribution < 1.29 is 14.4 Å². The van der Waals surface area contributed by atoms with Gasteiger partial charge >= 0.3 is 0 Å². The molecule has 3 aromatic carbocycles. The highest BCUT2D eigenvalue weighted by Crippen LogP contribution is 2.43. The molecular formula is C30H22N4O3. The third-order valence-corrected chi connectivity index (χ3v) is 6.80. The normalized spacial score (nSPS) is 18.8. The number of pyridine rings is 1. The van der Waals surface area contributed by atoms with Gasteiger partial charge < -0.3 is 5.32 Å². The third kappa shape index (κ3) is 3.90. The SMILES string of the molecule is O=C(N[C@@H]1C(=O)n2c(nc3ccccc32)[C@@H](C(=O)c2ccccc2)[C@@H]1c1cccnc1)c1ccccc1. The number of carbonyl (C=O) groups is 3. The van der Waals surface area contributed by atoms with Crippen LogP contribution in [0.25, 0.3) is 11.0 Å². The summed E-state index contributed by atoms with van der Waals surface area (Å²) in [5.41, 5.74) is 2.80. The number of carbonyl (C=O) groups excluding carboxylic acids is 3. The molecule has 0 unspecified atom stereocenters. The van der Waals surface area contributed by atoms with E-state index in [0.717, 1.165) is 0 Å². The van der Waals surface area contributed by atoms with Gasteiger partial charge in [-0.2, -0.15) is 0 Å². The zero-order chi connectivity index (χ0) is 25.4. The Morgan fingerprint density at radius 1 is 0.784 bits per heavy atom. The summed E-state index contributed by atoms with van der Waals surface area (Å²) >= 11 is 0. The Bertz CT molecular complexity index is 1610. The van der Waals surface area contributed by atoms with Gasteiger partial charge in [0.05, 0.1) is 17.0 Å². The molecule has 1 aliphatic rings. The summed E-state index contributed by atoms with van der Waals surface area (Å²) in [4.78, 5) is 50.6. The molecule has 1 amide bonds. The predicted octanol–water partition coefficient (Wildman–Crippen LogP) is 4.63. The Balaban J connectivity index is 1.57. The van der Waals surface area contributed by atoms with Crippen LogP contribution in [0.15, 0.2) is 109 Å². The average Bonchev–Trinajstić information content (AvgIpc) is 3.35. The number of nitrogens with one attached hydrogen (secondary N) is 1. The Kier molecular flexibility index (Phi) is 5.65. The summed E-state index contributed by atoms with van der Waals surface area (Å²) in [6, 6.07) is 27.5. The molecule has 0 saturated carbocycles. The minimum atomic E-state index is -1.03. The zero-order valence-electron chi connectivity index (χ0n) is 19.7. The maximum atomic E-state index is 14.1. The quantitative estimate of drug-likeness (QED) is 0.366. The van der Waals surface area contributed by atoms with Gasteiger partial charge in [0.1, 0.15) is 11.9 Å². The molecule has 0 fully saturated rings. The fraction of sp³-hybridized carbons (Fsp3) is 0.100. The van der Waals surface area contributed by atoms with Crippen molar-refractivity contribution in [1.29, 1.82) is 0 Å². The van der Waals surface area contributed by atoms with Crippen molar-refractivity contribution in [2.24, 2.45) is 0 Å². The number of Topliss-reactive ketones (excluding diaryl/α,β-unsaturated/α-hetero) is 1. The van der Waals surface area contributed by atoms with E-state index in [1.807, 2.05) is 36.4 Å². The summed E-state index contributed by atoms with van der Waals surface area (Å²) < 4.78 is 1.49. The van der Waals surface area contributed by atoms with Gasteiger partial charge in [-0.15, -0.1) is 0 Å². The highest BCUT2D eigenvalue weighted by atomic mass is 16.2. The van der Waals surface area contributed by atoms with E-state index in [1.165, 1.54) is 4.57 Å². The second kappa shape index (κ2) is 9.28. The van der Waals surface area contributed by atoms with Crippen molar-refractivity contribution in [1.82, 2.24) is 19.9 Å². The Morgan fingerprint density at radius 2 is 1.46 bits per heavy atom. The molecule has 7 nitrogen and oxygen atoms in total. The minimum Gasteiger partial charge on any atom is -0.340 e. The van der Waals surface area contributed by atoms with E-state index in [4.69, 9.17) is 4.98 Å². The number of hydrogen-bond acceptors (Lipinski definition) is 5. The van der Waals surface area contributed by atoms with Crippen molar-refractivity contribution in [3.8, 4) is 0 Å². The summed E-state index contributed by atoms with van der Waals surface area (Å²) in [6.07, 6.45) is 3.28. The maximum absolute atomic E-state index is 14.1. The maximum Gasteiger partial charge on any atom is 0.255 e. The fourth-order valence-electron chi connectivity index (χ4n) is 5.12. The van der Waals surface area contributed by atoms with Crippen LogP contribution in [0.1, 0.15) is 48.7 Å². The molecule has 2 aromatic heterocycles. The molecule has 0 aliphatic carbocycles. The topological polar surface area (TPSA) is 94.0 Å². The van der Waals surface area contributed by atoms with E-state index in [1.54, 1.807) is 73.1 Å². The van der Waals surface area contributed by atoms with Crippen LogP contribution in [-0.2, 0) is 0 Å². The van der Waals surface area contributed by atoms with Crippen molar-refractivity contribution in [3.63, 3.8) is 0 Å². The van der Waals surface area contributed by atoms with Crippen LogP contribution >= 0.6 is 0 Å². The van der Waals surface area contributed by atoms with Gasteiger partial charge in [0, 0.05) is 29.4 Å². The van der Waals surface area contributed by atoms with Gasteiger partial charge in [-0.1, -0.05) is 66.7 Å². The molecule has 37 heavy (non-hydrogen) atoms. The van der Waals surface area contributed by atoms with Crippen LogP contribution in [-0.4, -0.2) is 38.2 Å². The lowest BCUT2D eigenvalue weighted by molar-refractivity contribution is 0.0727. The first kappa shape index (κ1) is 22.5. The number of fused-ring (bicyclic) bond motifs is 3. The van der Waals surface area contributed by atoms with E-state index in [0.29, 0.717) is 33.5 Å². The first-order valence-corrected chi connectivity index (χ1v) is 12.0. The van der Waals surface area contributed by atoms with Gasteiger partial charge in [-0.05, 0) is 35.9 Å². The van der Waals surface area contributed by atoms with Gasteiger partial charge in [-0.25, -0.2) is 4.98 Å². The van der Waals surface area contributed by atoms with Crippen LogP contribution < -0.4 is 5.32 Å². The predicted molar refractivity (Wildman–Crippen MR) is 139 cm³/mol. The fourth-order valence-corrected chi connectivity index (χ4v) is 5.12. The van der Waals surface area contributed by atoms with E-state index >= 15 is 0 Å². The van der Waals surface area contributed by atoms with Crippen molar-refractivity contribution >= 4 is 28.6 Å². The zero-order valence-corrected chi connectivity index (χ0v) is 19.7. The molecule has 0 radical (unpaired) electrons. The first-order chi connectivity index (χ1) is 18.1. The summed E-state index contributed by atoms with van der Waals surface area (Å²) in [6.45, 7) is 0. The van der Waals surface area contributed by atoms with Crippen molar-refractivity contribution in [2.45, 2.75) is 17.9 Å². The highest BCUT2D eigenvalue weighted by molar-refractivity contribution is 6.07. The van der Waals surface area contributed by atoms with E-state index in [9.17, 15) is 14.4 Å². The molecule has 3 atom stereocenters. The van der Waals surface area contributed by atoms with Gasteiger partial charge in [0.25, 0.3) is 11.8 Å². The highest BCUT2D eigenvalue weighted by Gasteiger charge is 2.49. The average molecular weight is 487 g/mol. The summed E-state index contributed by atoms with van der Waals surface area (Å²) in [5, 5.41) is 2.95. The minimum absolute atomic E-state index is 0.183. The summed E-state index contributed by atoms with van der Waals surface area (Å²) in [5.74, 6) is -2.12. The molecule has 1 N–H and O–H groups in total. The summed E-state index contributed by atoms with van der Waals surface area (Å²) in [7, 11) is 0. The first-order valence-electron chi connectivity index (χ1n) is 12.0. The molecule has 0 bridgehead atoms. The molecule has 180 valence electrons. The smallest absolute Gasteiger partial charge is 0.255 e. The standard InChI is InChI=1S/C30H22N4O3/c35-27(19-10-3-1-4-11-19)25-24(21-14-9-17-31-18-21)26(33-29(36)20-12-5-2-6-13-20)30(37)34-23-16-8-7-15-22(23)32-28(25)34/h1-18,24-26H,(H,33,36)/t24-,25+,26-/m0/s1. The molecule has 1 aliphatic heterocycles. The number of benzene rings is 3. The third-order valence-electron chi connectivity index (χ3n) is 6.80. The number of ketones is 1.